The van der Waals surface area contributed by atoms with Crippen molar-refractivity contribution < 1.29 is 31.3 Å². The van der Waals surface area contributed by atoms with E-state index in [2.05, 4.69) is 10.4 Å². The molecule has 35 heavy (non-hydrogen) atoms. The van der Waals surface area contributed by atoms with Crippen LogP contribution in [0.25, 0.3) is 5.69 Å². The van der Waals surface area contributed by atoms with Gasteiger partial charge in [-0.3, -0.25) is 14.9 Å². The number of sulfone groups is 1. The Bertz CT molecular complexity index is 1380. The molecule has 0 aliphatic heterocycles. The van der Waals surface area contributed by atoms with Gasteiger partial charge in [0.05, 0.1) is 31.8 Å². The summed E-state index contributed by atoms with van der Waals surface area (Å²) in [5.41, 5.74) is -2.33. The van der Waals surface area contributed by atoms with Crippen molar-refractivity contribution in [2.24, 2.45) is 0 Å². The number of halogens is 6. The first-order chi connectivity index (χ1) is 16.2. The first-order valence-corrected chi connectivity index (χ1v) is 12.0. The van der Waals surface area contributed by atoms with Crippen LogP contribution in [0.15, 0.2) is 53.6 Å². The van der Waals surface area contributed by atoms with Crippen molar-refractivity contribution in [3.8, 4) is 5.69 Å². The van der Waals surface area contributed by atoms with E-state index in [9.17, 15) is 36.5 Å². The van der Waals surface area contributed by atoms with E-state index < -0.39 is 65.1 Å². The lowest BCUT2D eigenvalue weighted by Crippen LogP contribution is -2.24. The molecule has 1 aromatic heterocycles. The van der Waals surface area contributed by atoms with Crippen molar-refractivity contribution in [3.05, 3.63) is 74.4 Å². The van der Waals surface area contributed by atoms with Crippen LogP contribution in [-0.4, -0.2) is 33.7 Å². The van der Waals surface area contributed by atoms with Gasteiger partial charge in [0.2, 0.25) is 11.7 Å². The van der Waals surface area contributed by atoms with Gasteiger partial charge in [0.1, 0.15) is 16.6 Å². The van der Waals surface area contributed by atoms with E-state index in [1.165, 1.54) is 24.3 Å². The maximum Gasteiger partial charge on any atom is 0.416 e. The molecule has 0 radical (unpaired) electrons. The predicted molar refractivity (Wildman–Crippen MR) is 122 cm³/mol. The molecule has 0 aliphatic rings. The van der Waals surface area contributed by atoms with Crippen molar-refractivity contribution in [2.45, 2.75) is 22.2 Å². The maximum atomic E-state index is 13.0. The summed E-state index contributed by atoms with van der Waals surface area (Å²) in [4.78, 5) is 22.9. The maximum absolute atomic E-state index is 13.0. The van der Waals surface area contributed by atoms with Gasteiger partial charge < -0.3 is 5.32 Å². The number of hydrogen-bond acceptors (Lipinski definition) is 6. The third-order valence-corrected chi connectivity index (χ3v) is 7.72. The van der Waals surface area contributed by atoms with Crippen LogP contribution >= 0.6 is 34.8 Å². The second-order valence-corrected chi connectivity index (χ2v) is 10.6. The van der Waals surface area contributed by atoms with Crippen LogP contribution in [0, 0.1) is 10.1 Å². The summed E-state index contributed by atoms with van der Waals surface area (Å²) in [5.74, 6) is -1.68. The number of nitro groups is 1. The summed E-state index contributed by atoms with van der Waals surface area (Å²) in [6, 6.07) is 8.10. The largest absolute Gasteiger partial charge is 0.416 e. The monoisotopic (exact) mass is 570 g/mol. The number of rotatable bonds is 7. The second-order valence-electron chi connectivity index (χ2n) is 6.85. The Morgan fingerprint density at radius 3 is 2.26 bits per heavy atom. The summed E-state index contributed by atoms with van der Waals surface area (Å²) in [6.45, 7) is 0. The van der Waals surface area contributed by atoms with Crippen molar-refractivity contribution in [1.29, 1.82) is 0 Å². The van der Waals surface area contributed by atoms with E-state index in [0.717, 1.165) is 0 Å². The zero-order valence-electron chi connectivity index (χ0n) is 17.0. The van der Waals surface area contributed by atoms with Crippen molar-refractivity contribution in [2.75, 3.05) is 5.32 Å². The van der Waals surface area contributed by atoms with Gasteiger partial charge in [-0.05, 0) is 24.3 Å². The highest BCUT2D eigenvalue weighted by Crippen LogP contribution is 2.39. The number of carbonyl (C=O) groups is 1. The molecule has 1 heterocycles. The summed E-state index contributed by atoms with van der Waals surface area (Å²) in [7, 11) is -4.13. The highest BCUT2D eigenvalue weighted by atomic mass is 35.5. The van der Waals surface area contributed by atoms with Gasteiger partial charge in [-0.15, -0.1) is 11.6 Å². The highest BCUT2D eigenvalue weighted by Gasteiger charge is 2.34. The average Bonchev–Trinajstić information content (AvgIpc) is 3.16. The van der Waals surface area contributed by atoms with Crippen molar-refractivity contribution in [1.82, 2.24) is 9.78 Å². The molecular weight excluding hydrogens is 560 g/mol. The average molecular weight is 572 g/mol. The summed E-state index contributed by atoms with van der Waals surface area (Å²) in [6.07, 6.45) is -4.90. The Labute approximate surface area is 210 Å². The SMILES string of the molecule is O=C(CC(Cl)S(=O)(=O)c1ccccc1)Nc1c([N+](=O)[O-])cnn1-c1c(Cl)cc(C(F)(F)F)cc1Cl. The Kier molecular flexibility index (Phi) is 7.65. The molecule has 0 bridgehead atoms. The third kappa shape index (κ3) is 5.69. The quantitative estimate of drug-likeness (QED) is 0.228. The van der Waals surface area contributed by atoms with E-state index in [1.54, 1.807) is 6.07 Å². The van der Waals surface area contributed by atoms with E-state index >= 15 is 0 Å². The number of anilines is 1. The lowest BCUT2D eigenvalue weighted by molar-refractivity contribution is -0.384. The second kappa shape index (κ2) is 10.0. The molecule has 0 saturated heterocycles. The smallest absolute Gasteiger partial charge is 0.305 e. The molecule has 186 valence electrons. The zero-order chi connectivity index (χ0) is 26.1. The molecule has 2 aromatic carbocycles. The lowest BCUT2D eigenvalue weighted by atomic mass is 10.2. The summed E-state index contributed by atoms with van der Waals surface area (Å²) >= 11 is 17.9. The number of nitrogens with one attached hydrogen (secondary N) is 1. The number of benzene rings is 2. The van der Waals surface area contributed by atoms with Gasteiger partial charge in [0.15, 0.2) is 9.84 Å². The minimum atomic E-state index is -4.78. The summed E-state index contributed by atoms with van der Waals surface area (Å²) in [5, 5.41) is 16.1. The fraction of sp³-hybridized carbons (Fsp3) is 0.158. The molecule has 0 spiro atoms. The van der Waals surface area contributed by atoms with E-state index in [0.29, 0.717) is 23.0 Å². The van der Waals surface area contributed by atoms with E-state index in [-0.39, 0.29) is 10.6 Å². The Morgan fingerprint density at radius 2 is 1.74 bits per heavy atom. The van der Waals surface area contributed by atoms with Crippen LogP contribution in [0.1, 0.15) is 12.0 Å². The molecule has 9 nitrogen and oxygen atoms in total. The topological polar surface area (TPSA) is 124 Å². The molecule has 1 unspecified atom stereocenters. The fourth-order valence-electron chi connectivity index (χ4n) is 2.89. The Balaban J connectivity index is 1.96. The first kappa shape index (κ1) is 26.7. The van der Waals surface area contributed by atoms with Gasteiger partial charge in [0, 0.05) is 0 Å². The van der Waals surface area contributed by atoms with Crippen LogP contribution < -0.4 is 5.32 Å². The summed E-state index contributed by atoms with van der Waals surface area (Å²) < 4.78 is 63.2. The van der Waals surface area contributed by atoms with Crippen molar-refractivity contribution >= 4 is 62.1 Å². The fourth-order valence-corrected chi connectivity index (χ4v) is 5.19. The van der Waals surface area contributed by atoms with Gasteiger partial charge in [-0.1, -0.05) is 41.4 Å². The Morgan fingerprint density at radius 1 is 1.17 bits per heavy atom. The van der Waals surface area contributed by atoms with Gasteiger partial charge in [0.25, 0.3) is 0 Å². The molecule has 3 aromatic rings. The minimum Gasteiger partial charge on any atom is -0.305 e. The van der Waals surface area contributed by atoms with Crippen molar-refractivity contribution in [3.63, 3.8) is 0 Å². The van der Waals surface area contributed by atoms with Crippen LogP contribution in [0.3, 0.4) is 0 Å². The number of nitrogens with zero attached hydrogens (tertiary/aromatic N) is 3. The highest BCUT2D eigenvalue weighted by molar-refractivity contribution is 7.93. The number of alkyl halides is 4. The van der Waals surface area contributed by atoms with Gasteiger partial charge >= 0.3 is 11.9 Å². The van der Waals surface area contributed by atoms with Crippen LogP contribution in [-0.2, 0) is 20.8 Å². The number of carbonyl (C=O) groups excluding carboxylic acids is 1. The van der Waals surface area contributed by atoms with Gasteiger partial charge in [-0.2, -0.15) is 18.3 Å². The third-order valence-electron chi connectivity index (χ3n) is 4.51. The molecule has 1 N–H and O–H groups in total. The molecule has 1 atom stereocenters. The van der Waals surface area contributed by atoms with Crippen LogP contribution in [0.2, 0.25) is 10.0 Å². The molecule has 0 saturated carbocycles. The molecule has 3 rings (SSSR count). The molecular formula is C19H12Cl3F3N4O5S. The van der Waals surface area contributed by atoms with Crippen LogP contribution in [0.4, 0.5) is 24.7 Å². The number of amides is 1. The van der Waals surface area contributed by atoms with Crippen LogP contribution in [0.5, 0.6) is 0 Å². The van der Waals surface area contributed by atoms with E-state index in [4.69, 9.17) is 34.8 Å². The standard InChI is InChI=1S/C19H12Cl3F3N4O5S/c20-12-6-10(19(23,24)25)7-13(21)17(12)28-18(14(9-26-28)29(31)32)27-16(30)8-15(22)35(33,34)11-4-2-1-3-5-11/h1-7,9,15H,8H2,(H,27,30). The molecule has 0 fully saturated rings. The lowest BCUT2D eigenvalue weighted by Gasteiger charge is -2.15. The van der Waals surface area contributed by atoms with E-state index in [1.807, 2.05) is 0 Å². The molecule has 16 heteroatoms. The number of hydrogen-bond donors (Lipinski definition) is 1. The minimum absolute atomic E-state index is 0.146. The molecule has 1 amide bonds. The zero-order valence-corrected chi connectivity index (χ0v) is 20.0. The molecule has 0 aliphatic carbocycles. The Hall–Kier alpha value is -2.87. The first-order valence-electron chi connectivity index (χ1n) is 9.25. The number of aromatic nitrogens is 2. The van der Waals surface area contributed by atoms with Gasteiger partial charge in [-0.25, -0.2) is 13.1 Å². The normalized spacial score (nSPS) is 12.9. The predicted octanol–water partition coefficient (Wildman–Crippen LogP) is 5.47.